The third-order valence-corrected chi connectivity index (χ3v) is 17.8. The number of nitrogens with zero attached hydrogens (tertiary/aromatic N) is 4. The Bertz CT molecular complexity index is 2880. The lowest BCUT2D eigenvalue weighted by Gasteiger charge is -2.40. The summed E-state index contributed by atoms with van der Waals surface area (Å²) in [6.45, 7) is 10.2. The summed E-state index contributed by atoms with van der Waals surface area (Å²) in [7, 11) is 3.42. The Morgan fingerprint density at radius 3 is 1.60 bits per heavy atom. The quantitative estimate of drug-likeness (QED) is 0.0367. The molecule has 1 unspecified atom stereocenters. The lowest BCUT2D eigenvalue weighted by molar-refractivity contribution is -0.141. The molecule has 460 valence electrons. The first-order valence-electron chi connectivity index (χ1n) is 31.3. The lowest BCUT2D eigenvalue weighted by atomic mass is 9.83. The standard InChI is InChI=1S/C67H94N10O8/c1-8-76(66(84)60(51-25-17-11-18-26-51)72-62(80)45(2)68-6)58(33-36-70-47(4)78)43-74(37-34-49-21-13-9-14-22-49)64(82)55-31-29-54-40-56(32-30-53(54)39-55)65(83)75(38-35-50-23-15-10-16-24-50)44-59-41-57(71-48(5)79)42-77(59)67(85)61(52-27-19-12-20-28-52)73-63(81)46(3)69-7/h9-10,13-16,21-24,29-32,39-40,45-46,51-52,57-61,68-69H,8,11-12,17-20,25-28,33-38,41-44H2,1-7H3,(H,70,78)(H,71,79)(H,72,80)(H,73,81)/t45-,46?,57-,58-,59-,60-,61-/m0/s1. The first kappa shape index (κ1) is 65.4. The van der Waals surface area contributed by atoms with Crippen molar-refractivity contribution >= 4 is 58.0 Å². The van der Waals surface area contributed by atoms with Crippen LogP contribution in [0.2, 0.25) is 0 Å². The summed E-state index contributed by atoms with van der Waals surface area (Å²) in [5.41, 5.74) is 2.94. The molecule has 2 aliphatic carbocycles. The molecule has 1 saturated heterocycles. The van der Waals surface area contributed by atoms with E-state index in [2.05, 4.69) is 31.9 Å². The Hall–Kier alpha value is -7.18. The molecule has 1 heterocycles. The van der Waals surface area contributed by atoms with Crippen LogP contribution in [-0.2, 0) is 41.6 Å². The van der Waals surface area contributed by atoms with E-state index in [4.69, 9.17) is 0 Å². The number of likely N-dealkylation sites (tertiary alicyclic amines) is 1. The van der Waals surface area contributed by atoms with Crippen molar-refractivity contribution in [3.8, 4) is 0 Å². The van der Waals surface area contributed by atoms with Crippen molar-refractivity contribution in [1.82, 2.24) is 51.5 Å². The summed E-state index contributed by atoms with van der Waals surface area (Å²) in [6.07, 6.45) is 11.2. The summed E-state index contributed by atoms with van der Waals surface area (Å²) in [4.78, 5) is 119. The van der Waals surface area contributed by atoms with Crippen molar-refractivity contribution in [2.24, 2.45) is 11.8 Å². The highest BCUT2D eigenvalue weighted by Gasteiger charge is 2.43. The molecular weight excluding hydrogens is 1070 g/mol. The van der Waals surface area contributed by atoms with Crippen LogP contribution in [0.3, 0.4) is 0 Å². The molecule has 2 saturated carbocycles. The maximum Gasteiger partial charge on any atom is 0.253 e. The number of fused-ring (bicyclic) bond motifs is 1. The number of likely N-dealkylation sites (N-methyl/N-ethyl adjacent to an activating group) is 3. The van der Waals surface area contributed by atoms with Crippen molar-refractivity contribution in [2.75, 3.05) is 59.9 Å². The third kappa shape index (κ3) is 18.4. The SMILES string of the molecule is CCN(C(=O)[C@@H](NC(=O)[C@H](C)NC)C1CCCCC1)[C@@H](CCNC(C)=O)CN(CCc1ccccc1)C(=O)c1ccc2cc(C(=O)N(CCc3ccccc3)C[C@@H]3C[C@H](NC(C)=O)CN3C(=O)[C@@H](NC(=O)C(C)NC)C3CCCCC3)ccc2c1. The van der Waals surface area contributed by atoms with Gasteiger partial charge in [0.2, 0.25) is 35.4 Å². The van der Waals surface area contributed by atoms with Crippen LogP contribution in [0.25, 0.3) is 10.8 Å². The van der Waals surface area contributed by atoms with Crippen LogP contribution in [-0.4, -0.2) is 169 Å². The second-order valence-corrected chi connectivity index (χ2v) is 23.9. The average molecular weight is 1170 g/mol. The zero-order valence-electron chi connectivity index (χ0n) is 51.3. The van der Waals surface area contributed by atoms with Gasteiger partial charge in [-0.05, 0) is 144 Å². The van der Waals surface area contributed by atoms with Crippen molar-refractivity contribution in [1.29, 1.82) is 0 Å². The van der Waals surface area contributed by atoms with Gasteiger partial charge in [-0.3, -0.25) is 38.4 Å². The Kier molecular flexibility index (Phi) is 24.9. The molecule has 3 aliphatic rings. The molecule has 6 N–H and O–H groups in total. The Balaban J connectivity index is 1.18. The Morgan fingerprint density at radius 1 is 0.612 bits per heavy atom. The van der Waals surface area contributed by atoms with E-state index in [0.717, 1.165) is 86.1 Å². The highest BCUT2D eigenvalue weighted by molar-refractivity contribution is 6.02. The number of carbonyl (C=O) groups excluding carboxylic acids is 8. The molecule has 7 rings (SSSR count). The molecule has 7 atom stereocenters. The Morgan fingerprint density at radius 2 is 1.11 bits per heavy atom. The van der Waals surface area contributed by atoms with E-state index in [1.165, 1.54) is 13.8 Å². The smallest absolute Gasteiger partial charge is 0.253 e. The van der Waals surface area contributed by atoms with E-state index < -0.39 is 36.3 Å². The van der Waals surface area contributed by atoms with Crippen molar-refractivity contribution in [2.45, 2.75) is 167 Å². The topological polar surface area (TPSA) is 222 Å². The van der Waals surface area contributed by atoms with E-state index in [9.17, 15) is 19.2 Å². The fraction of sp³-hybridized carbons (Fsp3) is 0.552. The van der Waals surface area contributed by atoms with E-state index in [-0.39, 0.29) is 91.3 Å². The van der Waals surface area contributed by atoms with Crippen LogP contribution in [0.1, 0.15) is 144 Å². The van der Waals surface area contributed by atoms with Crippen molar-refractivity contribution < 1.29 is 38.4 Å². The molecule has 0 radical (unpaired) electrons. The van der Waals surface area contributed by atoms with Gasteiger partial charge in [0.1, 0.15) is 12.1 Å². The number of nitrogens with one attached hydrogen (secondary N) is 6. The maximum absolute atomic E-state index is 15.2. The van der Waals surface area contributed by atoms with Gasteiger partial charge in [0, 0.05) is 76.8 Å². The molecule has 0 spiro atoms. The lowest BCUT2D eigenvalue weighted by Crippen LogP contribution is -2.59. The molecule has 4 aromatic carbocycles. The van der Waals surface area contributed by atoms with E-state index in [1.807, 2.05) is 91.9 Å². The number of rotatable bonds is 28. The summed E-state index contributed by atoms with van der Waals surface area (Å²) >= 11 is 0. The monoisotopic (exact) mass is 1170 g/mol. The molecule has 4 aromatic rings. The molecule has 3 fully saturated rings. The third-order valence-electron chi connectivity index (χ3n) is 17.8. The zero-order chi connectivity index (χ0) is 61.0. The first-order valence-corrected chi connectivity index (χ1v) is 31.3. The number of carbonyl (C=O) groups is 8. The van der Waals surface area contributed by atoms with Gasteiger partial charge in [-0.25, -0.2) is 0 Å². The molecule has 0 bridgehead atoms. The minimum absolute atomic E-state index is 0.0453. The summed E-state index contributed by atoms with van der Waals surface area (Å²) in [5.74, 6) is -1.90. The van der Waals surface area contributed by atoms with Crippen LogP contribution in [0, 0.1) is 11.8 Å². The largest absolute Gasteiger partial charge is 0.356 e. The fourth-order valence-corrected chi connectivity index (χ4v) is 12.7. The minimum Gasteiger partial charge on any atom is -0.356 e. The van der Waals surface area contributed by atoms with Gasteiger partial charge in [0.25, 0.3) is 11.8 Å². The summed E-state index contributed by atoms with van der Waals surface area (Å²) in [6, 6.07) is 26.9. The van der Waals surface area contributed by atoms with Gasteiger partial charge in [-0.15, -0.1) is 0 Å². The molecule has 0 aromatic heterocycles. The van der Waals surface area contributed by atoms with E-state index >= 15 is 19.2 Å². The van der Waals surface area contributed by atoms with Crippen LogP contribution in [0.15, 0.2) is 97.1 Å². The number of hydrogen-bond donors (Lipinski definition) is 6. The van der Waals surface area contributed by atoms with Gasteiger partial charge < -0.3 is 51.5 Å². The number of benzene rings is 4. The normalized spacial score (nSPS) is 18.3. The van der Waals surface area contributed by atoms with Gasteiger partial charge in [-0.2, -0.15) is 0 Å². The van der Waals surface area contributed by atoms with Crippen LogP contribution in [0.4, 0.5) is 0 Å². The average Bonchev–Trinajstić information content (AvgIpc) is 4.10. The second-order valence-electron chi connectivity index (χ2n) is 23.9. The van der Waals surface area contributed by atoms with Crippen molar-refractivity contribution in [3.63, 3.8) is 0 Å². The molecular formula is C67H94N10O8. The van der Waals surface area contributed by atoms with Crippen LogP contribution >= 0.6 is 0 Å². The second kappa shape index (κ2) is 32.4. The predicted molar refractivity (Wildman–Crippen MR) is 332 cm³/mol. The number of amides is 8. The summed E-state index contributed by atoms with van der Waals surface area (Å²) < 4.78 is 0. The predicted octanol–water partition coefficient (Wildman–Crippen LogP) is 6.40. The molecule has 18 nitrogen and oxygen atoms in total. The van der Waals surface area contributed by atoms with Gasteiger partial charge in [-0.1, -0.05) is 111 Å². The molecule has 85 heavy (non-hydrogen) atoms. The first-order chi connectivity index (χ1) is 41.0. The van der Waals surface area contributed by atoms with Gasteiger partial charge in [0.05, 0.1) is 24.2 Å². The highest BCUT2D eigenvalue weighted by atomic mass is 16.2. The number of hydrogen-bond acceptors (Lipinski definition) is 10. The van der Waals surface area contributed by atoms with E-state index in [1.54, 1.807) is 59.7 Å². The Labute approximate surface area is 503 Å². The fourth-order valence-electron chi connectivity index (χ4n) is 12.7. The van der Waals surface area contributed by atoms with Crippen LogP contribution in [0.5, 0.6) is 0 Å². The van der Waals surface area contributed by atoms with Crippen molar-refractivity contribution in [3.05, 3.63) is 119 Å². The van der Waals surface area contributed by atoms with E-state index in [0.29, 0.717) is 56.4 Å². The molecule has 8 amide bonds. The zero-order valence-corrected chi connectivity index (χ0v) is 51.3. The maximum atomic E-state index is 15.2. The summed E-state index contributed by atoms with van der Waals surface area (Å²) in [5, 5.41) is 19.7. The molecule has 1 aliphatic heterocycles. The highest BCUT2D eigenvalue weighted by Crippen LogP contribution is 2.32. The van der Waals surface area contributed by atoms with Gasteiger partial charge in [0.15, 0.2) is 0 Å². The van der Waals surface area contributed by atoms with Gasteiger partial charge >= 0.3 is 0 Å². The molecule has 18 heteroatoms. The minimum atomic E-state index is -0.757. The van der Waals surface area contributed by atoms with Crippen LogP contribution < -0.4 is 31.9 Å².